The van der Waals surface area contributed by atoms with Crippen LogP contribution in [0.5, 0.6) is 5.75 Å². The maximum atomic E-state index is 5.54. The summed E-state index contributed by atoms with van der Waals surface area (Å²) >= 11 is 1.84. The van der Waals surface area contributed by atoms with Crippen LogP contribution in [-0.2, 0) is 0 Å². The van der Waals surface area contributed by atoms with Gasteiger partial charge >= 0.3 is 0 Å². The highest BCUT2D eigenvalue weighted by Gasteiger charge is 2.11. The van der Waals surface area contributed by atoms with E-state index in [2.05, 4.69) is 35.1 Å². The van der Waals surface area contributed by atoms with Crippen LogP contribution in [-0.4, -0.2) is 27.2 Å². The minimum absolute atomic E-state index is 0.854. The number of hydrogen-bond donors (Lipinski definition) is 0. The van der Waals surface area contributed by atoms with E-state index >= 15 is 0 Å². The fourth-order valence-electron chi connectivity index (χ4n) is 2.17. The summed E-state index contributed by atoms with van der Waals surface area (Å²) in [5, 5.41) is 0. The Kier molecular flexibility index (Phi) is 4.10. The SMILES string of the molecule is CCCSc1ccc(-c2cn3cnccc3n2)c(OC)c1. The second kappa shape index (κ2) is 6.18. The van der Waals surface area contributed by atoms with E-state index in [-0.39, 0.29) is 0 Å². The molecule has 0 N–H and O–H groups in total. The van der Waals surface area contributed by atoms with Crippen LogP contribution in [0.15, 0.2) is 47.9 Å². The van der Waals surface area contributed by atoms with Crippen LogP contribution in [0.25, 0.3) is 16.9 Å². The molecule has 0 saturated heterocycles. The average molecular weight is 299 g/mol. The maximum absolute atomic E-state index is 5.54. The van der Waals surface area contributed by atoms with Gasteiger partial charge in [0, 0.05) is 22.9 Å². The molecule has 0 unspecified atom stereocenters. The summed E-state index contributed by atoms with van der Waals surface area (Å²) < 4.78 is 7.45. The topological polar surface area (TPSA) is 39.4 Å². The first-order chi connectivity index (χ1) is 10.3. The molecule has 5 heteroatoms. The van der Waals surface area contributed by atoms with E-state index < -0.39 is 0 Å². The normalized spacial score (nSPS) is 11.0. The van der Waals surface area contributed by atoms with Crippen LogP contribution in [0.2, 0.25) is 0 Å². The summed E-state index contributed by atoms with van der Waals surface area (Å²) in [6.07, 6.45) is 6.63. The molecule has 4 nitrogen and oxygen atoms in total. The predicted molar refractivity (Wildman–Crippen MR) is 86.0 cm³/mol. The van der Waals surface area contributed by atoms with Gasteiger partial charge in [0.2, 0.25) is 0 Å². The van der Waals surface area contributed by atoms with E-state index in [1.165, 1.54) is 4.90 Å². The highest BCUT2D eigenvalue weighted by Crippen LogP contribution is 2.33. The molecule has 1 aromatic carbocycles. The zero-order chi connectivity index (χ0) is 14.7. The van der Waals surface area contributed by atoms with Gasteiger partial charge in [0.15, 0.2) is 0 Å². The number of ether oxygens (including phenoxy) is 1. The monoisotopic (exact) mass is 299 g/mol. The van der Waals surface area contributed by atoms with Crippen molar-refractivity contribution in [2.45, 2.75) is 18.2 Å². The Morgan fingerprint density at radius 1 is 1.29 bits per heavy atom. The van der Waals surface area contributed by atoms with Gasteiger partial charge in [-0.05, 0) is 36.4 Å². The number of hydrogen-bond acceptors (Lipinski definition) is 4. The molecule has 0 bridgehead atoms. The first kappa shape index (κ1) is 13.9. The van der Waals surface area contributed by atoms with Crippen molar-refractivity contribution in [2.75, 3.05) is 12.9 Å². The van der Waals surface area contributed by atoms with E-state index in [1.807, 2.05) is 28.4 Å². The van der Waals surface area contributed by atoms with E-state index in [4.69, 9.17) is 4.74 Å². The smallest absolute Gasteiger partial charge is 0.140 e. The summed E-state index contributed by atoms with van der Waals surface area (Å²) in [5.41, 5.74) is 2.78. The van der Waals surface area contributed by atoms with Crippen molar-refractivity contribution < 1.29 is 4.74 Å². The van der Waals surface area contributed by atoms with Gasteiger partial charge in [-0.1, -0.05) is 6.92 Å². The van der Waals surface area contributed by atoms with Crippen LogP contribution < -0.4 is 4.74 Å². The third-order valence-corrected chi connectivity index (χ3v) is 4.38. The Balaban J connectivity index is 2.00. The van der Waals surface area contributed by atoms with Gasteiger partial charge in [0.1, 0.15) is 17.7 Å². The van der Waals surface area contributed by atoms with E-state index in [0.717, 1.165) is 34.8 Å². The van der Waals surface area contributed by atoms with Crippen molar-refractivity contribution in [3.63, 3.8) is 0 Å². The molecular formula is C16H17N3OS. The van der Waals surface area contributed by atoms with E-state index in [9.17, 15) is 0 Å². The summed E-state index contributed by atoms with van der Waals surface area (Å²) in [6.45, 7) is 2.18. The largest absolute Gasteiger partial charge is 0.496 e. The van der Waals surface area contributed by atoms with Gasteiger partial charge < -0.3 is 4.74 Å². The van der Waals surface area contributed by atoms with Crippen molar-refractivity contribution >= 4 is 17.4 Å². The van der Waals surface area contributed by atoms with Gasteiger partial charge in [0.25, 0.3) is 0 Å². The molecule has 2 aromatic heterocycles. The van der Waals surface area contributed by atoms with Crippen LogP contribution >= 0.6 is 11.8 Å². The zero-order valence-corrected chi connectivity index (χ0v) is 12.9. The molecule has 0 aliphatic heterocycles. The third kappa shape index (κ3) is 2.88. The molecule has 0 radical (unpaired) electrons. The first-order valence-electron chi connectivity index (χ1n) is 6.91. The van der Waals surface area contributed by atoms with Gasteiger partial charge in [-0.25, -0.2) is 9.97 Å². The van der Waals surface area contributed by atoms with Crippen LogP contribution in [0.3, 0.4) is 0 Å². The maximum Gasteiger partial charge on any atom is 0.140 e. The third-order valence-electron chi connectivity index (χ3n) is 3.18. The molecule has 0 saturated carbocycles. The molecule has 108 valence electrons. The molecule has 2 heterocycles. The standard InChI is InChI=1S/C16H17N3OS/c1-3-8-21-12-4-5-13(15(9-12)20-2)14-10-19-11-17-7-6-16(19)18-14/h4-7,9-11H,3,8H2,1-2H3. The fourth-order valence-corrected chi connectivity index (χ4v) is 2.96. The van der Waals surface area contributed by atoms with Crippen LogP contribution in [0, 0.1) is 0 Å². The van der Waals surface area contributed by atoms with Crippen molar-refractivity contribution in [3.05, 3.63) is 43.0 Å². The summed E-state index contributed by atoms with van der Waals surface area (Å²) in [7, 11) is 1.70. The minimum atomic E-state index is 0.854. The number of methoxy groups -OCH3 is 1. The zero-order valence-electron chi connectivity index (χ0n) is 12.1. The van der Waals surface area contributed by atoms with Gasteiger partial charge in [0.05, 0.1) is 12.8 Å². The molecule has 0 aliphatic rings. The average Bonchev–Trinajstić information content (AvgIpc) is 2.96. The summed E-state index contributed by atoms with van der Waals surface area (Å²) in [6, 6.07) is 8.17. The second-order valence-electron chi connectivity index (χ2n) is 4.68. The van der Waals surface area contributed by atoms with Crippen molar-refractivity contribution in [2.24, 2.45) is 0 Å². The molecule has 3 rings (SSSR count). The minimum Gasteiger partial charge on any atom is -0.496 e. The number of imidazole rings is 1. The highest BCUT2D eigenvalue weighted by atomic mass is 32.2. The molecule has 3 aromatic rings. The number of thioether (sulfide) groups is 1. The predicted octanol–water partition coefficient (Wildman–Crippen LogP) is 3.91. The number of nitrogens with zero attached hydrogens (tertiary/aromatic N) is 3. The number of rotatable bonds is 5. The lowest BCUT2D eigenvalue weighted by Crippen LogP contribution is -1.89. The van der Waals surface area contributed by atoms with Crippen molar-refractivity contribution in [3.8, 4) is 17.0 Å². The Morgan fingerprint density at radius 2 is 2.19 bits per heavy atom. The molecule has 0 spiro atoms. The molecule has 21 heavy (non-hydrogen) atoms. The quantitative estimate of drug-likeness (QED) is 0.670. The number of aromatic nitrogens is 3. The van der Waals surface area contributed by atoms with Gasteiger partial charge in [-0.2, -0.15) is 0 Å². The summed E-state index contributed by atoms with van der Waals surface area (Å²) in [5.74, 6) is 1.97. The molecule has 0 fully saturated rings. The number of benzene rings is 1. The molecule has 0 aliphatic carbocycles. The Hall–Kier alpha value is -2.01. The van der Waals surface area contributed by atoms with E-state index in [1.54, 1.807) is 19.6 Å². The van der Waals surface area contributed by atoms with Crippen LogP contribution in [0.4, 0.5) is 0 Å². The number of fused-ring (bicyclic) bond motifs is 1. The lowest BCUT2D eigenvalue weighted by Gasteiger charge is -2.08. The molecule has 0 atom stereocenters. The van der Waals surface area contributed by atoms with E-state index in [0.29, 0.717) is 0 Å². The molecule has 0 amide bonds. The molecular weight excluding hydrogens is 282 g/mol. The van der Waals surface area contributed by atoms with Gasteiger partial charge in [-0.3, -0.25) is 4.40 Å². The fraction of sp³-hybridized carbons (Fsp3) is 0.250. The lowest BCUT2D eigenvalue weighted by molar-refractivity contribution is 0.415. The Morgan fingerprint density at radius 3 is 2.95 bits per heavy atom. The second-order valence-corrected chi connectivity index (χ2v) is 5.85. The Bertz CT molecular complexity index is 721. The van der Waals surface area contributed by atoms with Crippen molar-refractivity contribution in [1.82, 2.24) is 14.4 Å². The van der Waals surface area contributed by atoms with Gasteiger partial charge in [-0.15, -0.1) is 11.8 Å². The first-order valence-corrected chi connectivity index (χ1v) is 7.90. The summed E-state index contributed by atoms with van der Waals surface area (Å²) in [4.78, 5) is 9.94. The van der Waals surface area contributed by atoms with Crippen LogP contribution in [0.1, 0.15) is 13.3 Å². The lowest BCUT2D eigenvalue weighted by atomic mass is 10.1. The highest BCUT2D eigenvalue weighted by molar-refractivity contribution is 7.99. The van der Waals surface area contributed by atoms with Crippen molar-refractivity contribution in [1.29, 1.82) is 0 Å². The Labute approximate surface area is 128 Å².